The van der Waals surface area contributed by atoms with E-state index >= 15 is 0 Å². The number of hydrogen-bond donors (Lipinski definition) is 0. The molecule has 2 aromatic rings. The zero-order chi connectivity index (χ0) is 16.7. The molecule has 2 aromatic heterocycles. The average Bonchev–Trinajstić information content (AvgIpc) is 3.23. The number of likely N-dealkylation sites (tertiary alicyclic amines) is 1. The van der Waals surface area contributed by atoms with Gasteiger partial charge in [0, 0.05) is 18.5 Å². The number of thiazole rings is 1. The number of hydrogen-bond acceptors (Lipinski definition) is 6. The van der Waals surface area contributed by atoms with Gasteiger partial charge in [-0.2, -0.15) is 0 Å². The summed E-state index contributed by atoms with van der Waals surface area (Å²) in [5.74, 6) is 1.94. The largest absolute Gasteiger partial charge is 0.465 e. The van der Waals surface area contributed by atoms with Gasteiger partial charge >= 0.3 is 0 Å². The second-order valence-electron chi connectivity index (χ2n) is 6.50. The van der Waals surface area contributed by atoms with E-state index < -0.39 is 0 Å². The van der Waals surface area contributed by atoms with Gasteiger partial charge in [-0.05, 0) is 26.0 Å². The molecule has 7 heteroatoms. The van der Waals surface area contributed by atoms with Gasteiger partial charge in [0.2, 0.25) is 5.91 Å². The van der Waals surface area contributed by atoms with Crippen molar-refractivity contribution in [2.24, 2.45) is 0 Å². The molecule has 2 aliphatic rings. The maximum atomic E-state index is 12.4. The van der Waals surface area contributed by atoms with Crippen molar-refractivity contribution in [2.75, 3.05) is 19.7 Å². The molecule has 0 saturated carbocycles. The van der Waals surface area contributed by atoms with Crippen LogP contribution in [0.5, 0.6) is 0 Å². The van der Waals surface area contributed by atoms with Gasteiger partial charge in [-0.15, -0.1) is 11.3 Å². The van der Waals surface area contributed by atoms with Crippen LogP contribution in [0.1, 0.15) is 22.2 Å². The van der Waals surface area contributed by atoms with Crippen molar-refractivity contribution in [1.29, 1.82) is 0 Å². The van der Waals surface area contributed by atoms with Gasteiger partial charge in [0.25, 0.3) is 0 Å². The maximum Gasteiger partial charge on any atom is 0.249 e. The Morgan fingerprint density at radius 3 is 2.88 bits per heavy atom. The molecule has 4 heterocycles. The fourth-order valence-electron chi connectivity index (χ4n) is 3.52. The molecule has 1 amide bonds. The van der Waals surface area contributed by atoms with Crippen LogP contribution in [0.15, 0.2) is 21.9 Å². The lowest BCUT2D eigenvalue weighted by Crippen LogP contribution is -2.53. The van der Waals surface area contributed by atoms with E-state index in [-0.39, 0.29) is 24.7 Å². The standard InChI is InChI=1S/C17H21N3O3S/c1-11-3-4-14(23-11)6-19-7-15-16(8-19)22-9-17(21)20(15)5-13-10-24-12(2)18-13/h3-4,10,15-16H,5-9H2,1-2H3/t15-,16-/m1/s1. The second-order valence-corrected chi connectivity index (χ2v) is 7.56. The molecule has 2 saturated heterocycles. The highest BCUT2D eigenvalue weighted by atomic mass is 32.1. The zero-order valence-electron chi connectivity index (χ0n) is 13.9. The number of carbonyl (C=O) groups excluding carboxylic acids is 1. The number of aryl methyl sites for hydroxylation is 2. The Bertz CT molecular complexity index is 741. The maximum absolute atomic E-state index is 12.4. The first-order valence-electron chi connectivity index (χ1n) is 8.18. The molecular weight excluding hydrogens is 326 g/mol. The molecule has 0 N–H and O–H groups in total. The summed E-state index contributed by atoms with van der Waals surface area (Å²) in [4.78, 5) is 21.1. The number of furan rings is 1. The van der Waals surface area contributed by atoms with Gasteiger partial charge in [0.1, 0.15) is 18.1 Å². The lowest BCUT2D eigenvalue weighted by atomic mass is 10.1. The van der Waals surface area contributed by atoms with Gasteiger partial charge < -0.3 is 14.1 Å². The molecule has 2 atom stereocenters. The van der Waals surface area contributed by atoms with Crippen LogP contribution in [-0.2, 0) is 22.6 Å². The summed E-state index contributed by atoms with van der Waals surface area (Å²) in [6.45, 7) is 7.05. The Morgan fingerprint density at radius 2 is 2.17 bits per heavy atom. The molecule has 2 aliphatic heterocycles. The van der Waals surface area contributed by atoms with E-state index in [0.29, 0.717) is 6.54 Å². The van der Waals surface area contributed by atoms with Gasteiger partial charge in [-0.1, -0.05) is 0 Å². The number of carbonyl (C=O) groups is 1. The summed E-state index contributed by atoms with van der Waals surface area (Å²) in [5.41, 5.74) is 0.964. The number of morpholine rings is 1. The van der Waals surface area contributed by atoms with Crippen molar-refractivity contribution in [3.8, 4) is 0 Å². The number of nitrogens with zero attached hydrogens (tertiary/aromatic N) is 3. The molecule has 0 aliphatic carbocycles. The Morgan fingerprint density at radius 1 is 1.29 bits per heavy atom. The minimum Gasteiger partial charge on any atom is -0.465 e. The SMILES string of the molecule is Cc1ccc(CN2C[C@@H]3[C@@H](C2)OCC(=O)N3Cc2csc(C)n2)o1. The molecule has 0 radical (unpaired) electrons. The summed E-state index contributed by atoms with van der Waals surface area (Å²) in [5, 5.41) is 3.06. The minimum atomic E-state index is 0.0533. The van der Waals surface area contributed by atoms with Crippen LogP contribution >= 0.6 is 11.3 Å². The molecule has 24 heavy (non-hydrogen) atoms. The molecule has 6 nitrogen and oxygen atoms in total. The van der Waals surface area contributed by atoms with E-state index in [1.54, 1.807) is 11.3 Å². The fourth-order valence-corrected chi connectivity index (χ4v) is 4.13. The Balaban J connectivity index is 1.46. The van der Waals surface area contributed by atoms with Gasteiger partial charge in [-0.25, -0.2) is 4.98 Å². The number of ether oxygens (including phenoxy) is 1. The fraction of sp³-hybridized carbons (Fsp3) is 0.529. The minimum absolute atomic E-state index is 0.0533. The average molecular weight is 347 g/mol. The number of rotatable bonds is 4. The molecule has 0 aromatic carbocycles. The highest BCUT2D eigenvalue weighted by Gasteiger charge is 2.43. The molecular formula is C17H21N3O3S. The number of fused-ring (bicyclic) bond motifs is 1. The van der Waals surface area contributed by atoms with E-state index in [0.717, 1.165) is 41.9 Å². The van der Waals surface area contributed by atoms with Crippen LogP contribution in [0.25, 0.3) is 0 Å². The summed E-state index contributed by atoms with van der Waals surface area (Å²) in [6.07, 6.45) is 0.0680. The first-order valence-corrected chi connectivity index (χ1v) is 9.06. The number of amides is 1. The van der Waals surface area contributed by atoms with Crippen LogP contribution in [0.2, 0.25) is 0 Å². The van der Waals surface area contributed by atoms with Crippen LogP contribution < -0.4 is 0 Å². The lowest BCUT2D eigenvalue weighted by Gasteiger charge is -2.36. The van der Waals surface area contributed by atoms with Crippen molar-refractivity contribution in [3.05, 3.63) is 39.7 Å². The van der Waals surface area contributed by atoms with Crippen LogP contribution in [0, 0.1) is 13.8 Å². The molecule has 128 valence electrons. The van der Waals surface area contributed by atoms with E-state index in [9.17, 15) is 4.79 Å². The first-order chi connectivity index (χ1) is 11.6. The predicted molar refractivity (Wildman–Crippen MR) is 89.7 cm³/mol. The molecule has 2 fully saturated rings. The predicted octanol–water partition coefficient (Wildman–Crippen LogP) is 1.96. The van der Waals surface area contributed by atoms with Crippen molar-refractivity contribution < 1.29 is 13.9 Å². The summed E-state index contributed by atoms with van der Waals surface area (Å²) in [7, 11) is 0. The monoisotopic (exact) mass is 347 g/mol. The van der Waals surface area contributed by atoms with Crippen molar-refractivity contribution in [2.45, 2.75) is 39.1 Å². The molecule has 0 spiro atoms. The summed E-state index contributed by atoms with van der Waals surface area (Å²) < 4.78 is 11.5. The highest BCUT2D eigenvalue weighted by molar-refractivity contribution is 7.09. The van der Waals surface area contributed by atoms with E-state index in [4.69, 9.17) is 9.15 Å². The third kappa shape index (κ3) is 3.11. The molecule has 4 rings (SSSR count). The van der Waals surface area contributed by atoms with Crippen LogP contribution in [-0.4, -0.2) is 52.5 Å². The van der Waals surface area contributed by atoms with Gasteiger partial charge in [0.15, 0.2) is 0 Å². The highest BCUT2D eigenvalue weighted by Crippen LogP contribution is 2.27. The summed E-state index contributed by atoms with van der Waals surface area (Å²) >= 11 is 1.62. The van der Waals surface area contributed by atoms with Gasteiger partial charge in [-0.3, -0.25) is 9.69 Å². The topological polar surface area (TPSA) is 58.8 Å². The van der Waals surface area contributed by atoms with E-state index in [2.05, 4.69) is 9.88 Å². The lowest BCUT2D eigenvalue weighted by molar-refractivity contribution is -0.154. The Kier molecular flexibility index (Phi) is 4.15. The summed E-state index contributed by atoms with van der Waals surface area (Å²) in [6, 6.07) is 4.08. The molecule has 0 unspecified atom stereocenters. The van der Waals surface area contributed by atoms with Crippen molar-refractivity contribution in [3.63, 3.8) is 0 Å². The van der Waals surface area contributed by atoms with Crippen LogP contribution in [0.3, 0.4) is 0 Å². The molecule has 0 bridgehead atoms. The number of aromatic nitrogens is 1. The smallest absolute Gasteiger partial charge is 0.249 e. The first kappa shape index (κ1) is 15.8. The Hall–Kier alpha value is -1.70. The third-order valence-electron chi connectivity index (χ3n) is 4.63. The van der Waals surface area contributed by atoms with Gasteiger partial charge in [0.05, 0.1) is 35.9 Å². The normalized spacial score (nSPS) is 24.6. The quantitative estimate of drug-likeness (QED) is 0.846. The third-order valence-corrected chi connectivity index (χ3v) is 5.45. The van der Waals surface area contributed by atoms with E-state index in [1.807, 2.05) is 36.3 Å². The zero-order valence-corrected chi connectivity index (χ0v) is 14.7. The van der Waals surface area contributed by atoms with E-state index in [1.165, 1.54) is 0 Å². The van der Waals surface area contributed by atoms with Crippen molar-refractivity contribution >= 4 is 17.2 Å². The van der Waals surface area contributed by atoms with Crippen molar-refractivity contribution in [1.82, 2.24) is 14.8 Å². The van der Waals surface area contributed by atoms with Crippen LogP contribution in [0.4, 0.5) is 0 Å². The Labute approximate surface area is 145 Å². The second kappa shape index (κ2) is 6.31.